The topological polar surface area (TPSA) is 38.0 Å². The van der Waals surface area contributed by atoms with Gasteiger partial charge >= 0.3 is 6.18 Å². The number of nitrogens with one attached hydrogen (secondary N) is 1. The lowest BCUT2D eigenvalue weighted by atomic mass is 10.1. The van der Waals surface area contributed by atoms with Crippen LogP contribution in [0.4, 0.5) is 24.5 Å². The minimum absolute atomic E-state index is 0.431. The van der Waals surface area contributed by atoms with Crippen molar-refractivity contribution in [1.29, 1.82) is 0 Å². The minimum Gasteiger partial charge on any atom is -0.399 e. The molecule has 0 atom stereocenters. The highest BCUT2D eigenvalue weighted by atomic mass is 79.9. The molecule has 3 N–H and O–H groups in total. The van der Waals surface area contributed by atoms with Crippen LogP contribution in [-0.2, 0) is 12.7 Å². The van der Waals surface area contributed by atoms with Crippen molar-refractivity contribution in [3.05, 3.63) is 58.1 Å². The number of hydrogen-bond donors (Lipinski definition) is 2. The van der Waals surface area contributed by atoms with Crippen molar-refractivity contribution >= 4 is 27.3 Å². The standard InChI is InChI=1S/C14H12BrF3N2/c15-12-7-11(19)5-6-13(12)20-8-9-1-3-10(4-2-9)14(16,17)18/h1-7,20H,8,19H2. The lowest BCUT2D eigenvalue weighted by Gasteiger charge is -2.11. The molecule has 0 spiro atoms. The number of halogens is 4. The number of benzene rings is 2. The molecule has 0 fully saturated rings. The molecule has 2 aromatic rings. The lowest BCUT2D eigenvalue weighted by Crippen LogP contribution is -2.05. The second kappa shape index (κ2) is 5.75. The Kier molecular flexibility index (Phi) is 4.23. The number of nitrogen functional groups attached to an aromatic ring is 1. The molecule has 0 aliphatic rings. The van der Waals surface area contributed by atoms with Crippen LogP contribution in [0.3, 0.4) is 0 Å². The Bertz CT molecular complexity index is 594. The Morgan fingerprint density at radius 2 is 1.70 bits per heavy atom. The highest BCUT2D eigenvalue weighted by molar-refractivity contribution is 9.10. The van der Waals surface area contributed by atoms with E-state index in [1.807, 2.05) is 6.07 Å². The average molecular weight is 345 g/mol. The van der Waals surface area contributed by atoms with Crippen molar-refractivity contribution in [3.63, 3.8) is 0 Å². The van der Waals surface area contributed by atoms with E-state index in [9.17, 15) is 13.2 Å². The number of nitrogens with two attached hydrogens (primary N) is 1. The molecule has 0 aromatic heterocycles. The summed E-state index contributed by atoms with van der Waals surface area (Å²) in [7, 11) is 0. The summed E-state index contributed by atoms with van der Waals surface area (Å²) in [4.78, 5) is 0. The third-order valence-electron chi connectivity index (χ3n) is 2.76. The van der Waals surface area contributed by atoms with Gasteiger partial charge in [-0.3, -0.25) is 0 Å². The highest BCUT2D eigenvalue weighted by Crippen LogP contribution is 2.29. The van der Waals surface area contributed by atoms with Gasteiger partial charge in [0.1, 0.15) is 0 Å². The van der Waals surface area contributed by atoms with Crippen LogP contribution >= 0.6 is 15.9 Å². The third-order valence-corrected chi connectivity index (χ3v) is 3.41. The Morgan fingerprint density at radius 1 is 1.05 bits per heavy atom. The Balaban J connectivity index is 2.04. The van der Waals surface area contributed by atoms with Crippen molar-refractivity contribution in [2.45, 2.75) is 12.7 Å². The first kappa shape index (κ1) is 14.7. The zero-order valence-electron chi connectivity index (χ0n) is 10.3. The van der Waals surface area contributed by atoms with Gasteiger partial charge in [0.05, 0.1) is 5.56 Å². The molecule has 106 valence electrons. The molecule has 0 heterocycles. The molecule has 0 amide bonds. The van der Waals surface area contributed by atoms with Crippen molar-refractivity contribution in [2.75, 3.05) is 11.1 Å². The fourth-order valence-corrected chi connectivity index (χ4v) is 2.22. The molecule has 0 saturated carbocycles. The predicted molar refractivity (Wildman–Crippen MR) is 77.3 cm³/mol. The molecule has 0 radical (unpaired) electrons. The van der Waals surface area contributed by atoms with E-state index in [0.717, 1.165) is 27.9 Å². The molecule has 0 saturated heterocycles. The van der Waals surface area contributed by atoms with Gasteiger partial charge in [0.25, 0.3) is 0 Å². The molecule has 20 heavy (non-hydrogen) atoms. The van der Waals surface area contributed by atoms with Gasteiger partial charge < -0.3 is 11.1 Å². The summed E-state index contributed by atoms with van der Waals surface area (Å²) in [6.45, 7) is 0.431. The molecule has 0 aliphatic heterocycles. The van der Waals surface area contributed by atoms with Crippen LogP contribution in [0.2, 0.25) is 0 Å². The number of alkyl halides is 3. The van der Waals surface area contributed by atoms with E-state index >= 15 is 0 Å². The van der Waals surface area contributed by atoms with Crippen molar-refractivity contribution < 1.29 is 13.2 Å². The van der Waals surface area contributed by atoms with Crippen LogP contribution in [0.5, 0.6) is 0 Å². The normalized spacial score (nSPS) is 11.4. The summed E-state index contributed by atoms with van der Waals surface area (Å²) in [5.41, 5.74) is 7.22. The van der Waals surface area contributed by atoms with E-state index in [-0.39, 0.29) is 0 Å². The maximum Gasteiger partial charge on any atom is 0.416 e. The quantitative estimate of drug-likeness (QED) is 0.794. The Morgan fingerprint density at radius 3 is 2.25 bits per heavy atom. The van der Waals surface area contributed by atoms with Crippen molar-refractivity contribution in [2.24, 2.45) is 0 Å². The van der Waals surface area contributed by atoms with Gasteiger partial charge in [0, 0.05) is 22.4 Å². The van der Waals surface area contributed by atoms with Gasteiger partial charge in [0.15, 0.2) is 0 Å². The van der Waals surface area contributed by atoms with E-state index in [1.165, 1.54) is 12.1 Å². The summed E-state index contributed by atoms with van der Waals surface area (Å²) < 4.78 is 38.1. The van der Waals surface area contributed by atoms with Crippen LogP contribution in [0, 0.1) is 0 Å². The minimum atomic E-state index is -4.30. The molecule has 0 unspecified atom stereocenters. The van der Waals surface area contributed by atoms with Crippen molar-refractivity contribution in [3.8, 4) is 0 Å². The predicted octanol–water partition coefficient (Wildman–Crippen LogP) is 4.66. The van der Waals surface area contributed by atoms with Crippen LogP contribution in [0.25, 0.3) is 0 Å². The largest absolute Gasteiger partial charge is 0.416 e. The summed E-state index contributed by atoms with van der Waals surface area (Å²) in [6.07, 6.45) is -4.30. The smallest absolute Gasteiger partial charge is 0.399 e. The monoisotopic (exact) mass is 344 g/mol. The number of hydrogen-bond acceptors (Lipinski definition) is 2. The third kappa shape index (κ3) is 3.66. The second-order valence-corrected chi connectivity index (χ2v) is 5.14. The zero-order valence-corrected chi connectivity index (χ0v) is 11.9. The molecular formula is C14H12BrF3N2. The first-order chi connectivity index (χ1) is 9.36. The molecule has 2 nitrogen and oxygen atoms in total. The van der Waals surface area contributed by atoms with Gasteiger partial charge in [-0.1, -0.05) is 12.1 Å². The average Bonchev–Trinajstić information content (AvgIpc) is 2.37. The molecule has 0 bridgehead atoms. The highest BCUT2D eigenvalue weighted by Gasteiger charge is 2.29. The van der Waals surface area contributed by atoms with Gasteiger partial charge in [0.2, 0.25) is 0 Å². The summed E-state index contributed by atoms with van der Waals surface area (Å²) >= 11 is 3.37. The Labute approximate surface area is 122 Å². The van der Waals surface area contributed by atoms with E-state index < -0.39 is 11.7 Å². The summed E-state index contributed by atoms with van der Waals surface area (Å²) in [5.74, 6) is 0. The number of rotatable bonds is 3. The summed E-state index contributed by atoms with van der Waals surface area (Å²) in [6, 6.07) is 10.4. The van der Waals surface area contributed by atoms with Crippen LogP contribution in [0.15, 0.2) is 46.9 Å². The molecule has 6 heteroatoms. The van der Waals surface area contributed by atoms with Crippen LogP contribution in [-0.4, -0.2) is 0 Å². The fraction of sp³-hybridized carbons (Fsp3) is 0.143. The van der Waals surface area contributed by atoms with Gasteiger partial charge in [-0.25, -0.2) is 0 Å². The number of anilines is 2. The molecule has 2 rings (SSSR count). The second-order valence-electron chi connectivity index (χ2n) is 4.29. The van der Waals surface area contributed by atoms with Gasteiger partial charge in [-0.15, -0.1) is 0 Å². The van der Waals surface area contributed by atoms with E-state index in [4.69, 9.17) is 5.73 Å². The fourth-order valence-electron chi connectivity index (χ4n) is 1.68. The molecule has 0 aliphatic carbocycles. The first-order valence-corrected chi connectivity index (χ1v) is 6.60. The SMILES string of the molecule is Nc1ccc(NCc2ccc(C(F)(F)F)cc2)c(Br)c1. The van der Waals surface area contributed by atoms with E-state index in [0.29, 0.717) is 12.2 Å². The zero-order chi connectivity index (χ0) is 14.8. The molecule has 2 aromatic carbocycles. The maximum absolute atomic E-state index is 12.4. The Hall–Kier alpha value is -1.69. The van der Waals surface area contributed by atoms with Gasteiger partial charge in [-0.2, -0.15) is 13.2 Å². The first-order valence-electron chi connectivity index (χ1n) is 5.81. The lowest BCUT2D eigenvalue weighted by molar-refractivity contribution is -0.137. The van der Waals surface area contributed by atoms with Crippen LogP contribution < -0.4 is 11.1 Å². The van der Waals surface area contributed by atoms with E-state index in [1.54, 1.807) is 12.1 Å². The maximum atomic E-state index is 12.4. The summed E-state index contributed by atoms with van der Waals surface area (Å²) in [5, 5.41) is 3.13. The van der Waals surface area contributed by atoms with Crippen molar-refractivity contribution in [1.82, 2.24) is 0 Å². The van der Waals surface area contributed by atoms with Crippen LogP contribution in [0.1, 0.15) is 11.1 Å². The van der Waals surface area contributed by atoms with E-state index in [2.05, 4.69) is 21.2 Å². The van der Waals surface area contributed by atoms with Gasteiger partial charge in [-0.05, 0) is 51.8 Å². The molecular weight excluding hydrogens is 333 g/mol.